The number of anilines is 1. The van der Waals surface area contributed by atoms with Gasteiger partial charge in [-0.15, -0.1) is 0 Å². The van der Waals surface area contributed by atoms with E-state index >= 15 is 0 Å². The van der Waals surface area contributed by atoms with Crippen molar-refractivity contribution in [3.05, 3.63) is 52.6 Å². The molecule has 1 heterocycles. The molecule has 0 aromatic heterocycles. The van der Waals surface area contributed by atoms with Crippen LogP contribution in [0.3, 0.4) is 0 Å². The van der Waals surface area contributed by atoms with Gasteiger partial charge in [-0.25, -0.2) is 8.42 Å². The van der Waals surface area contributed by atoms with Crippen molar-refractivity contribution in [3.63, 3.8) is 0 Å². The Morgan fingerprint density at radius 1 is 1.03 bits per heavy atom. The molecule has 0 bridgehead atoms. The van der Waals surface area contributed by atoms with Crippen LogP contribution in [-0.4, -0.2) is 38.3 Å². The van der Waals surface area contributed by atoms with Gasteiger partial charge >= 0.3 is 0 Å². The molecule has 0 saturated carbocycles. The fourth-order valence-corrected chi connectivity index (χ4v) is 5.77. The minimum absolute atomic E-state index is 0.0380. The first kappa shape index (κ1) is 23.3. The first-order chi connectivity index (χ1) is 14.6. The summed E-state index contributed by atoms with van der Waals surface area (Å²) >= 11 is 0. The maximum absolute atomic E-state index is 13.1. The van der Waals surface area contributed by atoms with Crippen molar-refractivity contribution in [2.75, 3.05) is 25.0 Å². The highest BCUT2D eigenvalue weighted by molar-refractivity contribution is 7.89. The molecule has 0 spiro atoms. The Balaban J connectivity index is 1.66. The van der Waals surface area contributed by atoms with Gasteiger partial charge in [-0.3, -0.25) is 4.79 Å². The van der Waals surface area contributed by atoms with Gasteiger partial charge in [0.15, 0.2) is 0 Å². The molecule has 1 N–H and O–H groups in total. The average Bonchev–Trinajstić information content (AvgIpc) is 2.72. The van der Waals surface area contributed by atoms with Gasteiger partial charge in [0.1, 0.15) is 5.75 Å². The number of piperidine rings is 1. The third-order valence-electron chi connectivity index (χ3n) is 5.83. The maximum Gasteiger partial charge on any atom is 0.243 e. The predicted molar refractivity (Wildman–Crippen MR) is 123 cm³/mol. The van der Waals surface area contributed by atoms with Gasteiger partial charge < -0.3 is 10.1 Å². The number of sulfonamides is 1. The normalized spacial score (nSPS) is 15.6. The molecule has 31 heavy (non-hydrogen) atoms. The number of rotatable bonds is 6. The van der Waals surface area contributed by atoms with Crippen LogP contribution in [0.4, 0.5) is 5.69 Å². The predicted octanol–water partition coefficient (Wildman–Crippen LogP) is 4.36. The molecule has 1 aliphatic rings. The van der Waals surface area contributed by atoms with Crippen molar-refractivity contribution < 1.29 is 17.9 Å². The van der Waals surface area contributed by atoms with E-state index < -0.39 is 10.0 Å². The molecule has 1 saturated heterocycles. The second kappa shape index (κ2) is 9.40. The van der Waals surface area contributed by atoms with E-state index in [0.717, 1.165) is 27.9 Å². The van der Waals surface area contributed by atoms with E-state index in [4.69, 9.17) is 4.74 Å². The molecule has 1 aliphatic heterocycles. The summed E-state index contributed by atoms with van der Waals surface area (Å²) in [6.07, 6.45) is 1.01. The lowest BCUT2D eigenvalue weighted by atomic mass is 9.96. The molecule has 3 rings (SSSR count). The van der Waals surface area contributed by atoms with Crippen molar-refractivity contribution in [2.45, 2.75) is 52.4 Å². The van der Waals surface area contributed by atoms with E-state index in [1.807, 2.05) is 34.6 Å². The van der Waals surface area contributed by atoms with Crippen LogP contribution < -0.4 is 10.1 Å². The van der Waals surface area contributed by atoms with Gasteiger partial charge in [-0.2, -0.15) is 4.31 Å². The van der Waals surface area contributed by atoms with Crippen LogP contribution in [0.5, 0.6) is 5.75 Å². The first-order valence-electron chi connectivity index (χ1n) is 10.8. The van der Waals surface area contributed by atoms with Crippen LogP contribution >= 0.6 is 0 Å². The van der Waals surface area contributed by atoms with Gasteiger partial charge in [0.05, 0.1) is 11.5 Å². The van der Waals surface area contributed by atoms with E-state index in [-0.39, 0.29) is 16.7 Å². The lowest BCUT2D eigenvalue weighted by molar-refractivity contribution is -0.120. The smallest absolute Gasteiger partial charge is 0.243 e. The standard InChI is InChI=1S/C24H32N2O4S/c1-6-30-22-8-7-21(15-17(22)3)31(28,29)26-11-9-20(10-12-26)24(27)25-23-18(4)13-16(2)14-19(23)5/h7-8,13-15,20H,6,9-12H2,1-5H3,(H,25,27). The van der Waals surface area contributed by atoms with Crippen LogP contribution in [0, 0.1) is 33.6 Å². The van der Waals surface area contributed by atoms with Crippen LogP contribution in [0.25, 0.3) is 0 Å². The van der Waals surface area contributed by atoms with Gasteiger partial charge in [0.2, 0.25) is 15.9 Å². The summed E-state index contributed by atoms with van der Waals surface area (Å²) in [5, 5.41) is 3.07. The number of hydrogen-bond donors (Lipinski definition) is 1. The highest BCUT2D eigenvalue weighted by atomic mass is 32.2. The third kappa shape index (κ3) is 5.10. The number of carbonyl (C=O) groups excluding carboxylic acids is 1. The van der Waals surface area contributed by atoms with Gasteiger partial charge in [-0.1, -0.05) is 17.7 Å². The highest BCUT2D eigenvalue weighted by Crippen LogP contribution is 2.29. The molecule has 0 aliphatic carbocycles. The second-order valence-corrected chi connectivity index (χ2v) is 10.2. The van der Waals surface area contributed by atoms with Crippen LogP contribution in [0.15, 0.2) is 35.2 Å². The minimum atomic E-state index is -3.60. The summed E-state index contributed by atoms with van der Waals surface area (Å²) < 4.78 is 33.2. The summed E-state index contributed by atoms with van der Waals surface area (Å²) in [5.74, 6) is 0.455. The molecule has 1 fully saturated rings. The zero-order valence-corrected chi connectivity index (χ0v) is 19.8. The third-order valence-corrected chi connectivity index (χ3v) is 7.73. The molecule has 0 atom stereocenters. The lowest BCUT2D eigenvalue weighted by Crippen LogP contribution is -2.41. The van der Waals surface area contributed by atoms with E-state index in [2.05, 4.69) is 17.4 Å². The molecule has 6 nitrogen and oxygen atoms in total. The molecule has 1 amide bonds. The molecule has 0 unspecified atom stereocenters. The maximum atomic E-state index is 13.1. The Morgan fingerprint density at radius 3 is 2.19 bits per heavy atom. The topological polar surface area (TPSA) is 75.7 Å². The zero-order valence-electron chi connectivity index (χ0n) is 19.0. The van der Waals surface area contributed by atoms with Gasteiger partial charge in [0, 0.05) is 24.7 Å². The molecule has 2 aromatic rings. The fourth-order valence-electron chi connectivity index (χ4n) is 4.21. The van der Waals surface area contributed by atoms with Crippen LogP contribution in [-0.2, 0) is 14.8 Å². The fraction of sp³-hybridized carbons (Fsp3) is 0.458. The summed E-state index contributed by atoms with van der Waals surface area (Å²) in [5.41, 5.74) is 4.89. The Labute approximate surface area is 185 Å². The number of ether oxygens (including phenoxy) is 1. The molecular weight excluding hydrogens is 412 g/mol. The quantitative estimate of drug-likeness (QED) is 0.718. The second-order valence-electron chi connectivity index (χ2n) is 8.30. The molecule has 0 radical (unpaired) electrons. The van der Waals surface area contributed by atoms with Gasteiger partial charge in [0.25, 0.3) is 0 Å². The highest BCUT2D eigenvalue weighted by Gasteiger charge is 2.32. The number of hydrogen-bond acceptors (Lipinski definition) is 4. The van der Waals surface area contributed by atoms with Crippen molar-refractivity contribution in [2.24, 2.45) is 5.92 Å². The monoisotopic (exact) mass is 444 g/mol. The minimum Gasteiger partial charge on any atom is -0.494 e. The summed E-state index contributed by atoms with van der Waals surface area (Å²) in [6, 6.07) is 9.06. The lowest BCUT2D eigenvalue weighted by Gasteiger charge is -2.31. The molecule has 2 aromatic carbocycles. The Bertz CT molecular complexity index is 1050. The SMILES string of the molecule is CCOc1ccc(S(=O)(=O)N2CCC(C(=O)Nc3c(C)cc(C)cc3C)CC2)cc1C. The van der Waals surface area contributed by atoms with E-state index in [1.54, 1.807) is 18.2 Å². The van der Waals surface area contributed by atoms with E-state index in [1.165, 1.54) is 4.31 Å². The van der Waals surface area contributed by atoms with Gasteiger partial charge in [-0.05, 0) is 82.3 Å². The zero-order chi connectivity index (χ0) is 22.8. The van der Waals surface area contributed by atoms with Crippen molar-refractivity contribution in [1.82, 2.24) is 4.31 Å². The summed E-state index contributed by atoms with van der Waals surface area (Å²) in [6.45, 7) is 10.9. The Morgan fingerprint density at radius 2 is 1.65 bits per heavy atom. The number of aryl methyl sites for hydroxylation is 4. The van der Waals surface area contributed by atoms with E-state index in [9.17, 15) is 13.2 Å². The molecule has 7 heteroatoms. The number of benzene rings is 2. The van der Waals surface area contributed by atoms with Crippen molar-refractivity contribution in [1.29, 1.82) is 0 Å². The average molecular weight is 445 g/mol. The summed E-state index contributed by atoms with van der Waals surface area (Å²) in [7, 11) is -3.60. The number of nitrogens with one attached hydrogen (secondary N) is 1. The summed E-state index contributed by atoms with van der Waals surface area (Å²) in [4.78, 5) is 13.1. The van der Waals surface area contributed by atoms with E-state index in [0.29, 0.717) is 38.3 Å². The largest absolute Gasteiger partial charge is 0.494 e. The Kier molecular flexibility index (Phi) is 7.06. The first-order valence-corrected chi connectivity index (χ1v) is 12.2. The van der Waals surface area contributed by atoms with Crippen molar-refractivity contribution in [3.8, 4) is 5.75 Å². The number of nitrogens with zero attached hydrogens (tertiary/aromatic N) is 1. The number of amides is 1. The van der Waals surface area contributed by atoms with Crippen LogP contribution in [0.2, 0.25) is 0 Å². The number of carbonyl (C=O) groups is 1. The molecule has 168 valence electrons. The Hall–Kier alpha value is -2.38. The van der Waals surface area contributed by atoms with Crippen molar-refractivity contribution >= 4 is 21.6 Å². The van der Waals surface area contributed by atoms with Crippen LogP contribution in [0.1, 0.15) is 42.0 Å². The molecular formula is C24H32N2O4S.